The molecule has 2 aromatic carbocycles. The van der Waals surface area contributed by atoms with Crippen molar-refractivity contribution in [2.45, 2.75) is 20.4 Å². The van der Waals surface area contributed by atoms with Crippen molar-refractivity contribution in [1.29, 1.82) is 5.26 Å². The van der Waals surface area contributed by atoms with Crippen molar-refractivity contribution >= 4 is 16.6 Å². The summed E-state index contributed by atoms with van der Waals surface area (Å²) in [7, 11) is 0. The van der Waals surface area contributed by atoms with Crippen LogP contribution >= 0.6 is 0 Å². The Labute approximate surface area is 135 Å². The van der Waals surface area contributed by atoms with Gasteiger partial charge in [-0.25, -0.2) is 0 Å². The molecule has 0 spiro atoms. The van der Waals surface area contributed by atoms with Gasteiger partial charge in [-0.2, -0.15) is 5.26 Å². The van der Waals surface area contributed by atoms with E-state index in [1.54, 1.807) is 12.1 Å². The lowest BCUT2D eigenvalue weighted by atomic mass is 10.1. The number of aromatic nitrogens is 1. The van der Waals surface area contributed by atoms with Crippen LogP contribution in [0.5, 0.6) is 5.75 Å². The minimum atomic E-state index is 0.304. The molecule has 1 heterocycles. The van der Waals surface area contributed by atoms with Gasteiger partial charge in [0.25, 0.3) is 0 Å². The molecule has 4 nitrogen and oxygen atoms in total. The van der Waals surface area contributed by atoms with Crippen molar-refractivity contribution in [1.82, 2.24) is 4.98 Å². The Morgan fingerprint density at radius 1 is 1.13 bits per heavy atom. The molecular formula is C19H17N3O. The van der Waals surface area contributed by atoms with Crippen molar-refractivity contribution in [3.8, 4) is 11.8 Å². The Morgan fingerprint density at radius 2 is 1.96 bits per heavy atom. The Bertz CT molecular complexity index is 926. The predicted molar refractivity (Wildman–Crippen MR) is 91.4 cm³/mol. The van der Waals surface area contributed by atoms with Gasteiger partial charge in [0.05, 0.1) is 17.1 Å². The molecule has 0 saturated heterocycles. The van der Waals surface area contributed by atoms with E-state index in [2.05, 4.69) is 16.4 Å². The number of phenolic OH excluding ortho intramolecular Hbond substituents is 1. The predicted octanol–water partition coefficient (Wildman–Crippen LogP) is 4.04. The lowest BCUT2D eigenvalue weighted by Crippen LogP contribution is -2.03. The first-order chi connectivity index (χ1) is 11.1. The number of hydrogen-bond donors (Lipinski definition) is 2. The number of nitriles is 1. The summed E-state index contributed by atoms with van der Waals surface area (Å²) in [5.41, 5.74) is 5.43. The van der Waals surface area contributed by atoms with Crippen LogP contribution in [0.4, 0.5) is 5.69 Å². The summed E-state index contributed by atoms with van der Waals surface area (Å²) >= 11 is 0. The third-order valence-electron chi connectivity index (χ3n) is 3.92. The van der Waals surface area contributed by atoms with Crippen LogP contribution in [0.15, 0.2) is 42.6 Å². The molecule has 114 valence electrons. The maximum absolute atomic E-state index is 9.61. The Morgan fingerprint density at radius 3 is 2.70 bits per heavy atom. The van der Waals surface area contributed by atoms with Gasteiger partial charge in [-0.1, -0.05) is 12.1 Å². The highest BCUT2D eigenvalue weighted by Crippen LogP contribution is 2.27. The second-order valence-corrected chi connectivity index (χ2v) is 5.63. The van der Waals surface area contributed by atoms with Crippen LogP contribution < -0.4 is 5.32 Å². The molecule has 0 atom stereocenters. The first kappa shape index (κ1) is 14.9. The Kier molecular flexibility index (Phi) is 3.86. The lowest BCUT2D eigenvalue weighted by Gasteiger charge is -2.13. The highest BCUT2D eigenvalue weighted by atomic mass is 16.3. The maximum Gasteiger partial charge on any atom is 0.118 e. The number of fused-ring (bicyclic) bond motifs is 1. The van der Waals surface area contributed by atoms with Gasteiger partial charge >= 0.3 is 0 Å². The normalized spacial score (nSPS) is 10.5. The fourth-order valence-corrected chi connectivity index (χ4v) is 2.61. The summed E-state index contributed by atoms with van der Waals surface area (Å²) in [5.74, 6) is 0.304. The Balaban J connectivity index is 1.97. The topological polar surface area (TPSA) is 68.9 Å². The zero-order chi connectivity index (χ0) is 16.4. The van der Waals surface area contributed by atoms with Crippen LogP contribution in [0.3, 0.4) is 0 Å². The third kappa shape index (κ3) is 2.95. The van der Waals surface area contributed by atoms with Crippen LogP contribution in [-0.4, -0.2) is 10.1 Å². The van der Waals surface area contributed by atoms with Gasteiger partial charge in [0.1, 0.15) is 5.75 Å². The van der Waals surface area contributed by atoms with Crippen LogP contribution in [0.1, 0.15) is 22.3 Å². The fourth-order valence-electron chi connectivity index (χ4n) is 2.61. The van der Waals surface area contributed by atoms with Crippen molar-refractivity contribution in [3.63, 3.8) is 0 Å². The van der Waals surface area contributed by atoms with Gasteiger partial charge in [0, 0.05) is 23.8 Å². The zero-order valence-corrected chi connectivity index (χ0v) is 13.1. The first-order valence-electron chi connectivity index (χ1n) is 7.40. The molecule has 0 radical (unpaired) electrons. The standard InChI is InChI=1S/C19H17N3O/c1-12-7-15(4-6-18(12)23)11-22-19-13(2)10-21-17-5-3-14(9-20)8-16(17)19/h3-8,10,23H,11H2,1-2H3,(H,21,22). The number of nitrogens with zero attached hydrogens (tertiary/aromatic N) is 2. The second kappa shape index (κ2) is 5.98. The van der Waals surface area contributed by atoms with Crippen molar-refractivity contribution in [2.75, 3.05) is 5.32 Å². The summed E-state index contributed by atoms with van der Waals surface area (Å²) in [5, 5.41) is 23.1. The van der Waals surface area contributed by atoms with E-state index in [0.717, 1.165) is 33.3 Å². The number of pyridine rings is 1. The largest absolute Gasteiger partial charge is 0.508 e. The molecule has 0 fully saturated rings. The SMILES string of the molecule is Cc1cc(CNc2c(C)cnc3ccc(C#N)cc23)ccc1O. The molecule has 0 bridgehead atoms. The summed E-state index contributed by atoms with van der Waals surface area (Å²) in [6.45, 7) is 4.51. The molecule has 0 unspecified atom stereocenters. The molecule has 4 heteroatoms. The van der Waals surface area contributed by atoms with Gasteiger partial charge in [0.2, 0.25) is 0 Å². The molecule has 0 saturated carbocycles. The highest BCUT2D eigenvalue weighted by Gasteiger charge is 2.07. The summed E-state index contributed by atoms with van der Waals surface area (Å²) in [4.78, 5) is 4.42. The lowest BCUT2D eigenvalue weighted by molar-refractivity contribution is 0.471. The minimum absolute atomic E-state index is 0.304. The van der Waals surface area contributed by atoms with Crippen molar-refractivity contribution in [3.05, 3.63) is 64.8 Å². The van der Waals surface area contributed by atoms with E-state index in [1.807, 2.05) is 44.3 Å². The fraction of sp³-hybridized carbons (Fsp3) is 0.158. The average Bonchev–Trinajstić information content (AvgIpc) is 2.56. The zero-order valence-electron chi connectivity index (χ0n) is 13.1. The van der Waals surface area contributed by atoms with Crippen LogP contribution in [-0.2, 0) is 6.54 Å². The number of benzene rings is 2. The number of aromatic hydroxyl groups is 1. The van der Waals surface area contributed by atoms with Crippen molar-refractivity contribution in [2.24, 2.45) is 0 Å². The second-order valence-electron chi connectivity index (χ2n) is 5.63. The molecule has 2 N–H and O–H groups in total. The summed E-state index contributed by atoms with van der Waals surface area (Å²) in [6, 6.07) is 13.2. The number of hydrogen-bond acceptors (Lipinski definition) is 4. The molecular weight excluding hydrogens is 286 g/mol. The average molecular weight is 303 g/mol. The van der Waals surface area contributed by atoms with E-state index in [-0.39, 0.29) is 0 Å². The van der Waals surface area contributed by atoms with Crippen LogP contribution in [0.2, 0.25) is 0 Å². The van der Waals surface area contributed by atoms with E-state index >= 15 is 0 Å². The summed E-state index contributed by atoms with van der Waals surface area (Å²) < 4.78 is 0. The van der Waals surface area contributed by atoms with Gasteiger partial charge in [-0.15, -0.1) is 0 Å². The number of anilines is 1. The van der Waals surface area contributed by atoms with Gasteiger partial charge in [-0.3, -0.25) is 4.98 Å². The highest BCUT2D eigenvalue weighted by molar-refractivity contribution is 5.93. The molecule has 0 amide bonds. The molecule has 23 heavy (non-hydrogen) atoms. The quantitative estimate of drug-likeness (QED) is 0.766. The van der Waals surface area contributed by atoms with Gasteiger partial charge in [-0.05, 0) is 54.8 Å². The molecule has 0 aliphatic heterocycles. The van der Waals surface area contributed by atoms with E-state index in [0.29, 0.717) is 17.9 Å². The molecule has 1 aromatic heterocycles. The monoisotopic (exact) mass is 303 g/mol. The molecule has 0 aliphatic rings. The smallest absolute Gasteiger partial charge is 0.118 e. The van der Waals surface area contributed by atoms with E-state index in [9.17, 15) is 5.11 Å². The Hall–Kier alpha value is -3.06. The summed E-state index contributed by atoms with van der Waals surface area (Å²) in [6.07, 6.45) is 1.83. The maximum atomic E-state index is 9.61. The minimum Gasteiger partial charge on any atom is -0.508 e. The molecule has 3 aromatic rings. The van der Waals surface area contributed by atoms with Gasteiger partial charge < -0.3 is 10.4 Å². The number of rotatable bonds is 3. The molecule has 3 rings (SSSR count). The van der Waals surface area contributed by atoms with Gasteiger partial charge in [0.15, 0.2) is 0 Å². The van der Waals surface area contributed by atoms with E-state index in [1.165, 1.54) is 0 Å². The van der Waals surface area contributed by atoms with E-state index < -0.39 is 0 Å². The third-order valence-corrected chi connectivity index (χ3v) is 3.92. The molecule has 0 aliphatic carbocycles. The number of phenols is 1. The number of aryl methyl sites for hydroxylation is 2. The first-order valence-corrected chi connectivity index (χ1v) is 7.40. The van der Waals surface area contributed by atoms with Crippen LogP contribution in [0.25, 0.3) is 10.9 Å². The number of nitrogens with one attached hydrogen (secondary N) is 1. The van der Waals surface area contributed by atoms with Crippen LogP contribution in [0, 0.1) is 25.2 Å². The van der Waals surface area contributed by atoms with Crippen molar-refractivity contribution < 1.29 is 5.11 Å². The van der Waals surface area contributed by atoms with E-state index in [4.69, 9.17) is 5.26 Å².